The minimum atomic E-state index is 0.513. The van der Waals surface area contributed by atoms with Crippen molar-refractivity contribution in [1.82, 2.24) is 9.80 Å². The number of hydrogen-bond acceptors (Lipinski definition) is 3. The normalized spacial score (nSPS) is 11.6. The van der Waals surface area contributed by atoms with E-state index in [1.165, 1.54) is 0 Å². The van der Waals surface area contributed by atoms with E-state index in [-0.39, 0.29) is 0 Å². The molecular weight excluding hydrogens is 194 g/mol. The van der Waals surface area contributed by atoms with Gasteiger partial charge in [0.2, 0.25) is 0 Å². The molecule has 0 aromatic rings. The fourth-order valence-corrected chi connectivity index (χ4v) is 1.48. The van der Waals surface area contributed by atoms with Gasteiger partial charge in [0.05, 0.1) is 4.99 Å². The van der Waals surface area contributed by atoms with Crippen LogP contribution in [-0.2, 0) is 0 Å². The van der Waals surface area contributed by atoms with Gasteiger partial charge in [0.25, 0.3) is 0 Å². The van der Waals surface area contributed by atoms with Crippen LogP contribution >= 0.6 is 12.2 Å². The molecule has 2 N–H and O–H groups in total. The highest BCUT2D eigenvalue weighted by Gasteiger charge is 2.09. The van der Waals surface area contributed by atoms with E-state index >= 15 is 0 Å². The molecule has 0 heterocycles. The van der Waals surface area contributed by atoms with Gasteiger partial charge in [-0.05, 0) is 40.9 Å². The van der Waals surface area contributed by atoms with Crippen molar-refractivity contribution in [3.8, 4) is 0 Å². The van der Waals surface area contributed by atoms with E-state index in [2.05, 4.69) is 37.7 Å². The Morgan fingerprint density at radius 3 is 2.21 bits per heavy atom. The maximum atomic E-state index is 5.54. The van der Waals surface area contributed by atoms with Crippen molar-refractivity contribution in [3.05, 3.63) is 0 Å². The topological polar surface area (TPSA) is 32.5 Å². The van der Waals surface area contributed by atoms with Gasteiger partial charge in [-0.25, -0.2) is 0 Å². The average molecular weight is 217 g/mol. The summed E-state index contributed by atoms with van der Waals surface area (Å²) in [6.45, 7) is 7.26. The molecule has 0 saturated heterocycles. The maximum absolute atomic E-state index is 5.54. The van der Waals surface area contributed by atoms with Gasteiger partial charge in [0.15, 0.2) is 0 Å². The molecule has 0 radical (unpaired) electrons. The van der Waals surface area contributed by atoms with Crippen LogP contribution in [0.1, 0.15) is 20.3 Å². The Bertz CT molecular complexity index is 169. The highest BCUT2D eigenvalue weighted by atomic mass is 32.1. The lowest BCUT2D eigenvalue weighted by Crippen LogP contribution is -2.39. The summed E-state index contributed by atoms with van der Waals surface area (Å²) in [5.41, 5.74) is 5.54. The summed E-state index contributed by atoms with van der Waals surface area (Å²) >= 11 is 4.92. The van der Waals surface area contributed by atoms with Crippen molar-refractivity contribution in [2.75, 3.05) is 33.7 Å². The van der Waals surface area contributed by atoms with E-state index in [4.69, 9.17) is 18.0 Å². The molecule has 3 nitrogen and oxygen atoms in total. The largest absolute Gasteiger partial charge is 0.392 e. The monoisotopic (exact) mass is 217 g/mol. The summed E-state index contributed by atoms with van der Waals surface area (Å²) in [5, 5.41) is 0. The Hall–Kier alpha value is -0.190. The standard InChI is InChI=1S/C10H23N3S/c1-9(2)13(8-10(11)14)7-5-6-12(3)4/h9H,5-8H2,1-4H3,(H2,11,14). The second-order valence-electron chi connectivity index (χ2n) is 4.19. The van der Waals surface area contributed by atoms with E-state index in [0.29, 0.717) is 11.0 Å². The highest BCUT2D eigenvalue weighted by molar-refractivity contribution is 7.80. The van der Waals surface area contributed by atoms with Gasteiger partial charge < -0.3 is 10.6 Å². The smallest absolute Gasteiger partial charge is 0.0870 e. The van der Waals surface area contributed by atoms with Crippen LogP contribution < -0.4 is 5.73 Å². The summed E-state index contributed by atoms with van der Waals surface area (Å²) in [6.07, 6.45) is 1.16. The molecule has 0 aromatic heterocycles. The summed E-state index contributed by atoms with van der Waals surface area (Å²) < 4.78 is 0. The zero-order chi connectivity index (χ0) is 11.1. The van der Waals surface area contributed by atoms with E-state index in [1.807, 2.05) is 0 Å². The third kappa shape index (κ3) is 7.24. The first kappa shape index (κ1) is 13.8. The fraction of sp³-hybridized carbons (Fsp3) is 0.900. The van der Waals surface area contributed by atoms with E-state index in [0.717, 1.165) is 26.1 Å². The average Bonchev–Trinajstić information content (AvgIpc) is 2.00. The van der Waals surface area contributed by atoms with Gasteiger partial charge in [0, 0.05) is 19.1 Å². The van der Waals surface area contributed by atoms with Gasteiger partial charge in [-0.15, -0.1) is 0 Å². The molecular formula is C10H23N3S. The molecule has 0 unspecified atom stereocenters. The van der Waals surface area contributed by atoms with Crippen LogP contribution in [0, 0.1) is 0 Å². The van der Waals surface area contributed by atoms with Crippen molar-refractivity contribution in [2.24, 2.45) is 5.73 Å². The molecule has 0 bridgehead atoms. The molecule has 0 aromatic carbocycles. The first-order valence-corrected chi connectivity index (χ1v) is 5.51. The number of thiocarbonyl (C=S) groups is 1. The molecule has 4 heteroatoms. The molecule has 0 spiro atoms. The summed E-state index contributed by atoms with van der Waals surface area (Å²) in [7, 11) is 4.18. The molecule has 0 aliphatic heterocycles. The lowest BCUT2D eigenvalue weighted by Gasteiger charge is -2.26. The number of rotatable bonds is 7. The van der Waals surface area contributed by atoms with Crippen LogP contribution in [0.5, 0.6) is 0 Å². The van der Waals surface area contributed by atoms with Gasteiger partial charge in [-0.2, -0.15) is 0 Å². The predicted molar refractivity (Wildman–Crippen MR) is 66.7 cm³/mol. The second-order valence-corrected chi connectivity index (χ2v) is 4.71. The summed E-state index contributed by atoms with van der Waals surface area (Å²) in [4.78, 5) is 5.09. The zero-order valence-corrected chi connectivity index (χ0v) is 10.6. The first-order valence-electron chi connectivity index (χ1n) is 5.10. The Kier molecular flexibility index (Phi) is 7.05. The van der Waals surface area contributed by atoms with Gasteiger partial charge in [0.1, 0.15) is 0 Å². The highest BCUT2D eigenvalue weighted by Crippen LogP contribution is 1.99. The third-order valence-electron chi connectivity index (χ3n) is 2.14. The summed E-state index contributed by atoms with van der Waals surface area (Å²) in [6, 6.07) is 0.513. The Balaban J connectivity index is 3.79. The summed E-state index contributed by atoms with van der Waals surface area (Å²) in [5.74, 6) is 0. The molecule has 0 aliphatic rings. The van der Waals surface area contributed by atoms with Crippen molar-refractivity contribution in [1.29, 1.82) is 0 Å². The van der Waals surface area contributed by atoms with Crippen LogP contribution in [0.3, 0.4) is 0 Å². The second kappa shape index (κ2) is 7.15. The van der Waals surface area contributed by atoms with Crippen LogP contribution in [0.25, 0.3) is 0 Å². The van der Waals surface area contributed by atoms with Crippen molar-refractivity contribution in [3.63, 3.8) is 0 Å². The third-order valence-corrected chi connectivity index (χ3v) is 2.27. The van der Waals surface area contributed by atoms with E-state index in [1.54, 1.807) is 0 Å². The van der Waals surface area contributed by atoms with Crippen LogP contribution in [0.4, 0.5) is 0 Å². The minimum absolute atomic E-state index is 0.513. The molecule has 0 atom stereocenters. The van der Waals surface area contributed by atoms with E-state index in [9.17, 15) is 0 Å². The van der Waals surface area contributed by atoms with E-state index < -0.39 is 0 Å². The van der Waals surface area contributed by atoms with Crippen molar-refractivity contribution in [2.45, 2.75) is 26.3 Å². The van der Waals surface area contributed by atoms with Crippen molar-refractivity contribution >= 4 is 17.2 Å². The van der Waals surface area contributed by atoms with Gasteiger partial charge in [-0.1, -0.05) is 12.2 Å². The van der Waals surface area contributed by atoms with Crippen molar-refractivity contribution < 1.29 is 0 Å². The molecule has 0 rings (SSSR count). The Morgan fingerprint density at radius 1 is 1.29 bits per heavy atom. The maximum Gasteiger partial charge on any atom is 0.0870 e. The van der Waals surface area contributed by atoms with Gasteiger partial charge in [-0.3, -0.25) is 4.90 Å². The molecule has 84 valence electrons. The minimum Gasteiger partial charge on any atom is -0.392 e. The predicted octanol–water partition coefficient (Wildman–Crippen LogP) is 0.935. The molecule has 0 aliphatic carbocycles. The van der Waals surface area contributed by atoms with Gasteiger partial charge >= 0.3 is 0 Å². The molecule has 14 heavy (non-hydrogen) atoms. The molecule has 0 saturated carbocycles. The molecule has 0 amide bonds. The molecule has 0 fully saturated rings. The Morgan fingerprint density at radius 2 is 1.86 bits per heavy atom. The van der Waals surface area contributed by atoms with Crippen LogP contribution in [-0.4, -0.2) is 54.6 Å². The zero-order valence-electron chi connectivity index (χ0n) is 9.79. The Labute approximate surface area is 93.2 Å². The first-order chi connectivity index (χ1) is 6.43. The number of nitrogens with two attached hydrogens (primary N) is 1. The lowest BCUT2D eigenvalue weighted by molar-refractivity contribution is 0.238. The fourth-order valence-electron chi connectivity index (χ4n) is 1.31. The number of nitrogens with zero attached hydrogens (tertiary/aromatic N) is 2. The SMILES string of the molecule is CC(C)N(CCCN(C)C)CC(N)=S. The number of hydrogen-bond donors (Lipinski definition) is 1. The van der Waals surface area contributed by atoms with Crippen LogP contribution in [0.2, 0.25) is 0 Å². The lowest BCUT2D eigenvalue weighted by atomic mass is 10.2. The van der Waals surface area contributed by atoms with Crippen LogP contribution in [0.15, 0.2) is 0 Å². The quantitative estimate of drug-likeness (QED) is 0.643.